The number of Topliss-reactive ketones (excluding diaryl/α,β-unsaturated/α-hetero) is 1. The summed E-state index contributed by atoms with van der Waals surface area (Å²) in [7, 11) is 3.05. The van der Waals surface area contributed by atoms with Crippen molar-refractivity contribution >= 4 is 17.4 Å². The van der Waals surface area contributed by atoms with Gasteiger partial charge in [-0.05, 0) is 61.7 Å². The van der Waals surface area contributed by atoms with Crippen molar-refractivity contribution in [3.63, 3.8) is 0 Å². The Balaban J connectivity index is 2.13. The molecule has 8 nitrogen and oxygen atoms in total. The fourth-order valence-electron chi connectivity index (χ4n) is 4.10. The Morgan fingerprint density at radius 2 is 1.71 bits per heavy atom. The number of benzene rings is 2. The molecular weight excluding hydrogens is 450 g/mol. The van der Waals surface area contributed by atoms with E-state index in [0.29, 0.717) is 41.6 Å². The largest absolute Gasteiger partial charge is 0.507 e. The highest BCUT2D eigenvalue weighted by Crippen LogP contribution is 2.42. The van der Waals surface area contributed by atoms with Gasteiger partial charge in [0.25, 0.3) is 11.7 Å². The molecule has 1 amide bonds. The van der Waals surface area contributed by atoms with E-state index >= 15 is 0 Å². The third-order valence-electron chi connectivity index (χ3n) is 5.79. The number of aryl methyl sites for hydroxylation is 1. The number of amides is 1. The molecule has 1 heterocycles. The van der Waals surface area contributed by atoms with Crippen molar-refractivity contribution in [1.29, 1.82) is 0 Å². The van der Waals surface area contributed by atoms with Gasteiger partial charge in [0, 0.05) is 19.2 Å². The van der Waals surface area contributed by atoms with Crippen LogP contribution in [0.5, 0.6) is 17.2 Å². The monoisotopic (exact) mass is 483 g/mol. The van der Waals surface area contributed by atoms with Gasteiger partial charge in [-0.3, -0.25) is 9.59 Å². The predicted octanol–water partition coefficient (Wildman–Crippen LogP) is 4.26. The van der Waals surface area contributed by atoms with Crippen LogP contribution in [0.4, 0.5) is 0 Å². The average Bonchev–Trinajstić information content (AvgIpc) is 3.11. The van der Waals surface area contributed by atoms with E-state index in [2.05, 4.69) is 0 Å². The molecule has 0 aromatic heterocycles. The molecule has 188 valence electrons. The van der Waals surface area contributed by atoms with Crippen LogP contribution in [0.25, 0.3) is 5.76 Å². The number of carbonyl (C=O) groups is 2. The zero-order valence-electron chi connectivity index (χ0n) is 20.9. The van der Waals surface area contributed by atoms with E-state index in [0.717, 1.165) is 12.0 Å². The van der Waals surface area contributed by atoms with E-state index in [-0.39, 0.29) is 24.5 Å². The Kier molecular flexibility index (Phi) is 8.76. The number of methoxy groups -OCH3 is 2. The second-order valence-corrected chi connectivity index (χ2v) is 8.16. The molecule has 0 spiro atoms. The Labute approximate surface area is 206 Å². The van der Waals surface area contributed by atoms with E-state index in [1.165, 1.54) is 19.1 Å². The maximum atomic E-state index is 13.2. The summed E-state index contributed by atoms with van der Waals surface area (Å²) in [6, 6.07) is 9.61. The van der Waals surface area contributed by atoms with Crippen LogP contribution in [0.2, 0.25) is 0 Å². The highest BCUT2D eigenvalue weighted by molar-refractivity contribution is 6.46. The number of hydrogen-bond acceptors (Lipinski definition) is 7. The van der Waals surface area contributed by atoms with Gasteiger partial charge in [0.1, 0.15) is 11.5 Å². The smallest absolute Gasteiger partial charge is 0.295 e. The van der Waals surface area contributed by atoms with Crippen molar-refractivity contribution < 1.29 is 33.6 Å². The Morgan fingerprint density at radius 3 is 2.34 bits per heavy atom. The summed E-state index contributed by atoms with van der Waals surface area (Å²) in [6.45, 7) is 7.21. The van der Waals surface area contributed by atoms with Crippen molar-refractivity contribution in [3.8, 4) is 17.2 Å². The Morgan fingerprint density at radius 1 is 0.971 bits per heavy atom. The van der Waals surface area contributed by atoms with Gasteiger partial charge in [-0.15, -0.1) is 0 Å². The van der Waals surface area contributed by atoms with Crippen LogP contribution in [-0.2, 0) is 14.3 Å². The first kappa shape index (κ1) is 26.1. The van der Waals surface area contributed by atoms with Crippen molar-refractivity contribution in [3.05, 3.63) is 58.7 Å². The molecule has 1 aliphatic heterocycles. The highest BCUT2D eigenvalue weighted by atomic mass is 16.5. The van der Waals surface area contributed by atoms with E-state index < -0.39 is 17.7 Å². The van der Waals surface area contributed by atoms with E-state index in [4.69, 9.17) is 18.9 Å². The van der Waals surface area contributed by atoms with Gasteiger partial charge in [-0.25, -0.2) is 0 Å². The number of likely N-dealkylation sites (tertiary alicyclic amines) is 1. The second kappa shape index (κ2) is 11.8. The minimum atomic E-state index is -0.814. The topological polar surface area (TPSA) is 94.5 Å². The van der Waals surface area contributed by atoms with Gasteiger partial charge >= 0.3 is 0 Å². The first-order valence-electron chi connectivity index (χ1n) is 11.7. The molecule has 0 aliphatic carbocycles. The van der Waals surface area contributed by atoms with Gasteiger partial charge in [-0.1, -0.05) is 13.0 Å². The molecular formula is C27H33NO7. The molecule has 2 aromatic carbocycles. The normalized spacial score (nSPS) is 17.1. The van der Waals surface area contributed by atoms with Crippen LogP contribution in [0.3, 0.4) is 0 Å². The number of hydrogen-bond donors (Lipinski definition) is 1. The maximum Gasteiger partial charge on any atom is 0.295 e. The lowest BCUT2D eigenvalue weighted by Gasteiger charge is -2.25. The molecule has 1 unspecified atom stereocenters. The molecule has 1 aliphatic rings. The lowest BCUT2D eigenvalue weighted by Crippen LogP contribution is -2.32. The summed E-state index contributed by atoms with van der Waals surface area (Å²) in [4.78, 5) is 27.6. The number of aliphatic hydroxyl groups is 1. The summed E-state index contributed by atoms with van der Waals surface area (Å²) < 4.78 is 22.0. The third-order valence-corrected chi connectivity index (χ3v) is 5.79. The summed E-state index contributed by atoms with van der Waals surface area (Å²) in [5.74, 6) is 0.0327. The van der Waals surface area contributed by atoms with Crippen molar-refractivity contribution in [2.45, 2.75) is 33.2 Å². The van der Waals surface area contributed by atoms with Crippen LogP contribution < -0.4 is 14.2 Å². The second-order valence-electron chi connectivity index (χ2n) is 8.16. The van der Waals surface area contributed by atoms with E-state index in [1.807, 2.05) is 20.8 Å². The predicted molar refractivity (Wildman–Crippen MR) is 132 cm³/mol. The van der Waals surface area contributed by atoms with Crippen LogP contribution in [0.15, 0.2) is 42.0 Å². The minimum Gasteiger partial charge on any atom is -0.507 e. The molecule has 0 bridgehead atoms. The zero-order chi connectivity index (χ0) is 25.5. The van der Waals surface area contributed by atoms with Gasteiger partial charge < -0.3 is 29.0 Å². The lowest BCUT2D eigenvalue weighted by molar-refractivity contribution is -0.140. The molecule has 0 radical (unpaired) electrons. The fourth-order valence-corrected chi connectivity index (χ4v) is 4.10. The van der Waals surface area contributed by atoms with Gasteiger partial charge in [0.15, 0.2) is 11.5 Å². The van der Waals surface area contributed by atoms with Crippen LogP contribution >= 0.6 is 0 Å². The first-order valence-corrected chi connectivity index (χ1v) is 11.7. The zero-order valence-corrected chi connectivity index (χ0v) is 20.9. The van der Waals surface area contributed by atoms with Crippen LogP contribution in [-0.4, -0.2) is 62.3 Å². The van der Waals surface area contributed by atoms with Crippen LogP contribution in [0.1, 0.15) is 43.0 Å². The number of rotatable bonds is 11. The molecule has 8 heteroatoms. The number of ether oxygens (including phenoxy) is 4. The molecule has 1 fully saturated rings. The quantitative estimate of drug-likeness (QED) is 0.290. The Hall–Kier alpha value is -3.52. The summed E-state index contributed by atoms with van der Waals surface area (Å²) in [5.41, 5.74) is 1.87. The number of ketones is 1. The molecule has 2 aromatic rings. The Bertz CT molecular complexity index is 1110. The molecule has 0 saturated carbocycles. The van der Waals surface area contributed by atoms with Crippen molar-refractivity contribution in [2.75, 3.05) is 40.6 Å². The third kappa shape index (κ3) is 5.43. The molecule has 1 atom stereocenters. The maximum absolute atomic E-state index is 13.2. The van der Waals surface area contributed by atoms with Crippen molar-refractivity contribution in [2.24, 2.45) is 0 Å². The fraction of sp³-hybridized carbons (Fsp3) is 0.407. The van der Waals surface area contributed by atoms with Gasteiger partial charge in [0.2, 0.25) is 0 Å². The molecule has 1 N–H and O–H groups in total. The first-order chi connectivity index (χ1) is 16.9. The number of nitrogens with zero attached hydrogens (tertiary/aromatic N) is 1. The summed E-state index contributed by atoms with van der Waals surface area (Å²) in [5, 5.41) is 11.3. The lowest BCUT2D eigenvalue weighted by atomic mass is 9.94. The highest BCUT2D eigenvalue weighted by Gasteiger charge is 2.46. The summed E-state index contributed by atoms with van der Waals surface area (Å²) in [6.07, 6.45) is 0.873. The number of aliphatic hydroxyl groups excluding tert-OH is 1. The van der Waals surface area contributed by atoms with Gasteiger partial charge in [0.05, 0.1) is 38.5 Å². The number of carbonyl (C=O) groups excluding carboxylic acids is 2. The molecule has 3 rings (SSSR count). The molecule has 35 heavy (non-hydrogen) atoms. The van der Waals surface area contributed by atoms with Crippen molar-refractivity contribution in [1.82, 2.24) is 4.90 Å². The van der Waals surface area contributed by atoms with Gasteiger partial charge in [-0.2, -0.15) is 0 Å². The standard InChI is InChI=1S/C27H33NO7/c1-6-13-35-20-10-9-19(15-17(20)3)25(29)23-24(28(12-14-32-4)27(31)26(23)30)18-8-11-21(34-7-2)22(16-18)33-5/h8-11,15-16,24,29H,6-7,12-14H2,1-5H3/b25-23-. The van der Waals surface area contributed by atoms with E-state index in [1.54, 1.807) is 36.4 Å². The summed E-state index contributed by atoms with van der Waals surface area (Å²) >= 11 is 0. The van der Waals surface area contributed by atoms with E-state index in [9.17, 15) is 14.7 Å². The molecule has 1 saturated heterocycles. The van der Waals surface area contributed by atoms with Crippen LogP contribution in [0, 0.1) is 6.92 Å². The SMILES string of the molecule is CCCOc1ccc(/C(O)=C2/C(=O)C(=O)N(CCOC)C2c2ccc(OCC)c(OC)c2)cc1C. The minimum absolute atomic E-state index is 0.0129. The average molecular weight is 484 g/mol.